The van der Waals surface area contributed by atoms with E-state index in [-0.39, 0.29) is 41.2 Å². The highest BCUT2D eigenvalue weighted by Gasteiger charge is 2.35. The van der Waals surface area contributed by atoms with Crippen molar-refractivity contribution in [1.29, 1.82) is 0 Å². The zero-order chi connectivity index (χ0) is 32.3. The molecule has 45 heavy (non-hydrogen) atoms. The Morgan fingerprint density at radius 3 is 2.58 bits per heavy atom. The van der Waals surface area contributed by atoms with Gasteiger partial charge in [-0.25, -0.2) is 26.5 Å². The molecule has 244 valence electrons. The van der Waals surface area contributed by atoms with Gasteiger partial charge in [-0.2, -0.15) is 4.37 Å². The van der Waals surface area contributed by atoms with Crippen LogP contribution in [0, 0.1) is 30.4 Å². The first-order valence-electron chi connectivity index (χ1n) is 14.7. The molecule has 0 radical (unpaired) electrons. The van der Waals surface area contributed by atoms with Crippen molar-refractivity contribution < 1.29 is 31.4 Å². The minimum absolute atomic E-state index is 0.00419. The Kier molecular flexibility index (Phi) is 10.5. The lowest BCUT2D eigenvalue weighted by Gasteiger charge is -2.39. The van der Waals surface area contributed by atoms with E-state index < -0.39 is 26.6 Å². The smallest absolute Gasteiger partial charge is 0.269 e. The number of aryl methyl sites for hydroxylation is 1. The molecular weight excluding hydrogens is 646 g/mol. The number of rotatable bonds is 11. The van der Waals surface area contributed by atoms with Gasteiger partial charge in [0.25, 0.3) is 10.0 Å². The second kappa shape index (κ2) is 14.2. The van der Waals surface area contributed by atoms with Gasteiger partial charge >= 0.3 is 0 Å². The molecule has 2 heterocycles. The molecule has 1 fully saturated rings. The lowest BCUT2D eigenvalue weighted by atomic mass is 9.77. The van der Waals surface area contributed by atoms with Crippen LogP contribution in [0.15, 0.2) is 46.9 Å². The number of anilines is 1. The zero-order valence-corrected chi connectivity index (χ0v) is 28.0. The van der Waals surface area contributed by atoms with Gasteiger partial charge in [-0.15, -0.1) is 11.6 Å². The Balaban J connectivity index is 1.41. The van der Waals surface area contributed by atoms with Crippen molar-refractivity contribution in [2.75, 3.05) is 45.3 Å². The van der Waals surface area contributed by atoms with Crippen molar-refractivity contribution in [2.24, 2.45) is 11.8 Å². The molecule has 0 bridgehead atoms. The predicted molar refractivity (Wildman–Crippen MR) is 170 cm³/mol. The SMILES string of the molecule is COc1ccc(CN(c2nc(C)ns2)S(=O)(=O)c2cc(F)c(OC[C@@H]3CN(C)CCC3C3=CCC(Cl)CC3)cc2F)c(OC)c1. The van der Waals surface area contributed by atoms with Crippen molar-refractivity contribution >= 4 is 38.3 Å². The molecule has 0 saturated carbocycles. The molecule has 1 aliphatic carbocycles. The molecule has 0 spiro atoms. The largest absolute Gasteiger partial charge is 0.497 e. The first-order chi connectivity index (χ1) is 21.5. The number of halogens is 3. The minimum Gasteiger partial charge on any atom is -0.497 e. The van der Waals surface area contributed by atoms with E-state index in [2.05, 4.69) is 20.3 Å². The Morgan fingerprint density at radius 2 is 1.91 bits per heavy atom. The maximum atomic E-state index is 15.7. The monoisotopic (exact) mass is 682 g/mol. The standard InChI is InChI=1S/C31H37ClF2N4O5S2/c1-19-35-31(44-36-19)38(17-21-7-10-24(41-3)13-28(21)42-4)45(39,40)30-15-26(33)29(14-27(30)34)43-18-22-16-37(2)12-11-25(22)20-5-8-23(32)9-6-20/h5,7,10,13-15,22-23,25H,6,8-9,11-12,16-18H2,1-4H3/t22-,23?,25?/m0/s1. The number of methoxy groups -OCH3 is 2. The summed E-state index contributed by atoms with van der Waals surface area (Å²) in [6.45, 7) is 3.17. The number of hydrogen-bond acceptors (Lipinski definition) is 9. The summed E-state index contributed by atoms with van der Waals surface area (Å²) in [7, 11) is 0.302. The number of allylic oxidation sites excluding steroid dienone is 2. The number of piperidine rings is 1. The lowest BCUT2D eigenvalue weighted by molar-refractivity contribution is 0.108. The van der Waals surface area contributed by atoms with Gasteiger partial charge in [-0.3, -0.25) is 0 Å². The van der Waals surface area contributed by atoms with Crippen molar-refractivity contribution in [3.63, 3.8) is 0 Å². The van der Waals surface area contributed by atoms with Crippen molar-refractivity contribution in [1.82, 2.24) is 14.3 Å². The number of sulfonamides is 1. The normalized spacial score (nSPS) is 20.9. The second-order valence-electron chi connectivity index (χ2n) is 11.4. The number of nitrogens with zero attached hydrogens (tertiary/aromatic N) is 4. The van der Waals surface area contributed by atoms with Crippen LogP contribution in [-0.4, -0.2) is 69.0 Å². The molecular formula is C31H37ClF2N4O5S2. The van der Waals surface area contributed by atoms with Crippen LogP contribution in [0.3, 0.4) is 0 Å². The van der Waals surface area contributed by atoms with Crippen LogP contribution >= 0.6 is 23.1 Å². The summed E-state index contributed by atoms with van der Waals surface area (Å²) in [6.07, 6.45) is 5.82. The number of aromatic nitrogens is 2. The maximum Gasteiger partial charge on any atom is 0.269 e. The van der Waals surface area contributed by atoms with Gasteiger partial charge in [0.1, 0.15) is 28.0 Å². The third-order valence-electron chi connectivity index (χ3n) is 8.34. The van der Waals surface area contributed by atoms with Crippen LogP contribution in [0.1, 0.15) is 37.1 Å². The average Bonchev–Trinajstić information content (AvgIpc) is 3.45. The summed E-state index contributed by atoms with van der Waals surface area (Å²) in [5.41, 5.74) is 1.81. The van der Waals surface area contributed by atoms with Crippen LogP contribution in [0.25, 0.3) is 0 Å². The molecule has 2 aromatic carbocycles. The van der Waals surface area contributed by atoms with Crippen LogP contribution in [0.2, 0.25) is 0 Å². The summed E-state index contributed by atoms with van der Waals surface area (Å²) in [6, 6.07) is 6.36. The van der Waals surface area contributed by atoms with E-state index in [0.717, 1.165) is 60.7 Å². The number of alkyl halides is 1. The summed E-state index contributed by atoms with van der Waals surface area (Å²) in [5.74, 6) is -0.944. The van der Waals surface area contributed by atoms with Crippen molar-refractivity contribution in [2.45, 2.75) is 49.4 Å². The van der Waals surface area contributed by atoms with Crippen LogP contribution in [-0.2, 0) is 16.6 Å². The maximum absolute atomic E-state index is 15.7. The van der Waals surface area contributed by atoms with Gasteiger partial charge in [-0.05, 0) is 64.3 Å². The molecule has 5 rings (SSSR count). The highest BCUT2D eigenvalue weighted by molar-refractivity contribution is 7.93. The Hall–Kier alpha value is -3.00. The summed E-state index contributed by atoms with van der Waals surface area (Å²) >= 11 is 7.13. The third kappa shape index (κ3) is 7.53. The Labute approximate surface area is 272 Å². The van der Waals surface area contributed by atoms with Crippen LogP contribution in [0.4, 0.5) is 13.9 Å². The predicted octanol–water partition coefficient (Wildman–Crippen LogP) is 6.20. The van der Waals surface area contributed by atoms with Crippen LogP contribution < -0.4 is 18.5 Å². The van der Waals surface area contributed by atoms with E-state index in [1.807, 2.05) is 7.05 Å². The highest BCUT2D eigenvalue weighted by atomic mass is 35.5. The molecule has 2 aliphatic rings. The second-order valence-corrected chi connectivity index (χ2v) is 14.6. The van der Waals surface area contributed by atoms with Crippen molar-refractivity contribution in [3.05, 3.63) is 65.0 Å². The summed E-state index contributed by atoms with van der Waals surface area (Å²) < 4.78 is 80.7. The number of ether oxygens (including phenoxy) is 3. The fraction of sp³-hybridized carbons (Fsp3) is 0.484. The summed E-state index contributed by atoms with van der Waals surface area (Å²) in [4.78, 5) is 5.59. The zero-order valence-electron chi connectivity index (χ0n) is 25.6. The highest BCUT2D eigenvalue weighted by Crippen LogP contribution is 2.38. The molecule has 3 atom stereocenters. The van der Waals surface area contributed by atoms with E-state index in [9.17, 15) is 8.42 Å². The fourth-order valence-electron chi connectivity index (χ4n) is 5.94. The van der Waals surface area contributed by atoms with Gasteiger partial charge in [0.05, 0.1) is 27.4 Å². The average molecular weight is 683 g/mol. The first-order valence-corrected chi connectivity index (χ1v) is 17.3. The van der Waals surface area contributed by atoms with Crippen LogP contribution in [0.5, 0.6) is 17.2 Å². The molecule has 1 aliphatic heterocycles. The molecule has 0 N–H and O–H groups in total. The van der Waals surface area contributed by atoms with E-state index in [0.29, 0.717) is 29.0 Å². The first kappa shape index (κ1) is 33.4. The number of benzene rings is 2. The van der Waals surface area contributed by atoms with E-state index in [1.54, 1.807) is 25.1 Å². The fourth-order valence-corrected chi connectivity index (χ4v) is 8.47. The molecule has 0 amide bonds. The lowest BCUT2D eigenvalue weighted by Crippen LogP contribution is -2.41. The van der Waals surface area contributed by atoms with E-state index in [4.69, 9.17) is 25.8 Å². The van der Waals surface area contributed by atoms with Gasteiger partial charge < -0.3 is 19.1 Å². The molecule has 1 aromatic heterocycles. The van der Waals surface area contributed by atoms with E-state index in [1.165, 1.54) is 19.8 Å². The van der Waals surface area contributed by atoms with Gasteiger partial charge in [0.15, 0.2) is 11.6 Å². The third-order valence-corrected chi connectivity index (χ3v) is 11.4. The Bertz CT molecular complexity index is 1650. The van der Waals surface area contributed by atoms with Crippen molar-refractivity contribution in [3.8, 4) is 17.2 Å². The minimum atomic E-state index is -4.66. The Morgan fingerprint density at radius 1 is 1.11 bits per heavy atom. The van der Waals surface area contributed by atoms with Gasteiger partial charge in [0, 0.05) is 53.1 Å². The van der Waals surface area contributed by atoms with Gasteiger partial charge in [-0.1, -0.05) is 11.6 Å². The quantitative estimate of drug-likeness (QED) is 0.174. The molecule has 14 heteroatoms. The topological polar surface area (TPSA) is 94.1 Å². The molecule has 9 nitrogen and oxygen atoms in total. The number of likely N-dealkylation sites (tertiary alicyclic amines) is 1. The van der Waals surface area contributed by atoms with Gasteiger partial charge in [0.2, 0.25) is 5.13 Å². The van der Waals surface area contributed by atoms with E-state index >= 15 is 8.78 Å². The number of hydrogen-bond donors (Lipinski definition) is 0. The molecule has 1 saturated heterocycles. The molecule has 3 aromatic rings. The summed E-state index contributed by atoms with van der Waals surface area (Å²) in [5, 5.41) is 0.141. The molecule has 2 unspecified atom stereocenters.